The molecule has 1 aliphatic rings. The number of hydrogen-bond acceptors (Lipinski definition) is 5. The molecule has 0 unspecified atom stereocenters. The van der Waals surface area contributed by atoms with E-state index in [1.807, 2.05) is 9.80 Å². The Balaban J connectivity index is 1.86. The summed E-state index contributed by atoms with van der Waals surface area (Å²) in [5.41, 5.74) is 0.493. The summed E-state index contributed by atoms with van der Waals surface area (Å²) in [4.78, 5) is 27.2. The van der Waals surface area contributed by atoms with E-state index in [9.17, 15) is 9.59 Å². The van der Waals surface area contributed by atoms with Crippen LogP contribution in [0.25, 0.3) is 0 Å². The maximum Gasteiger partial charge on any atom is 0.239 e. The van der Waals surface area contributed by atoms with Crippen LogP contribution in [0.4, 0.5) is 5.00 Å². The first kappa shape index (κ1) is 15.5. The summed E-state index contributed by atoms with van der Waals surface area (Å²) in [6, 6.07) is 3.74. The van der Waals surface area contributed by atoms with E-state index in [1.165, 1.54) is 11.3 Å². The third kappa shape index (κ3) is 4.28. The van der Waals surface area contributed by atoms with Gasteiger partial charge in [-0.1, -0.05) is 0 Å². The Morgan fingerprint density at radius 1 is 1.38 bits per heavy atom. The molecule has 0 radical (unpaired) electrons. The van der Waals surface area contributed by atoms with Gasteiger partial charge in [0.05, 0.1) is 12.1 Å². The van der Waals surface area contributed by atoms with Crippen molar-refractivity contribution in [1.29, 1.82) is 5.26 Å². The molecule has 0 aliphatic carbocycles. The molecule has 1 N–H and O–H groups in total. The summed E-state index contributed by atoms with van der Waals surface area (Å²) in [7, 11) is 0. The zero-order valence-electron chi connectivity index (χ0n) is 12.0. The lowest BCUT2D eigenvalue weighted by Gasteiger charge is -2.20. The smallest absolute Gasteiger partial charge is 0.239 e. The SMILES string of the molecule is CC(=O)N1CCCN(CC(=O)Nc2sccc2C#N)CC1. The molecular weight excluding hydrogens is 288 g/mol. The van der Waals surface area contributed by atoms with Crippen molar-refractivity contribution < 1.29 is 9.59 Å². The Kier molecular flexibility index (Phi) is 5.31. The van der Waals surface area contributed by atoms with Gasteiger partial charge in [-0.2, -0.15) is 5.26 Å². The predicted octanol–water partition coefficient (Wildman–Crippen LogP) is 1.11. The molecule has 1 fully saturated rings. The topological polar surface area (TPSA) is 76.4 Å². The van der Waals surface area contributed by atoms with Crippen molar-refractivity contribution in [3.8, 4) is 6.07 Å². The van der Waals surface area contributed by atoms with E-state index in [1.54, 1.807) is 18.4 Å². The minimum Gasteiger partial charge on any atom is -0.342 e. The lowest BCUT2D eigenvalue weighted by Crippen LogP contribution is -2.37. The van der Waals surface area contributed by atoms with Crippen molar-refractivity contribution >= 4 is 28.2 Å². The molecule has 0 bridgehead atoms. The minimum atomic E-state index is -0.120. The molecule has 2 amide bonds. The fourth-order valence-electron chi connectivity index (χ4n) is 2.31. The molecular formula is C14H18N4O2S. The number of anilines is 1. The number of carbonyl (C=O) groups is 2. The van der Waals surface area contributed by atoms with Crippen molar-refractivity contribution in [2.45, 2.75) is 13.3 Å². The van der Waals surface area contributed by atoms with Crippen molar-refractivity contribution in [3.63, 3.8) is 0 Å². The molecule has 0 aromatic carbocycles. The highest BCUT2D eigenvalue weighted by molar-refractivity contribution is 7.14. The average molecular weight is 306 g/mol. The molecule has 2 heterocycles. The second kappa shape index (κ2) is 7.20. The van der Waals surface area contributed by atoms with Gasteiger partial charge in [0, 0.05) is 33.1 Å². The van der Waals surface area contributed by atoms with Crippen LogP contribution in [0.5, 0.6) is 0 Å². The zero-order chi connectivity index (χ0) is 15.2. The Morgan fingerprint density at radius 3 is 2.90 bits per heavy atom. The van der Waals surface area contributed by atoms with Gasteiger partial charge >= 0.3 is 0 Å². The van der Waals surface area contributed by atoms with Gasteiger partial charge in [0.2, 0.25) is 11.8 Å². The summed E-state index contributed by atoms with van der Waals surface area (Å²) in [5.74, 6) is -0.0382. The number of rotatable bonds is 3. The second-order valence-electron chi connectivity index (χ2n) is 4.96. The van der Waals surface area contributed by atoms with Gasteiger partial charge < -0.3 is 10.2 Å². The summed E-state index contributed by atoms with van der Waals surface area (Å²) in [5, 5.41) is 14.1. The van der Waals surface area contributed by atoms with Crippen LogP contribution >= 0.6 is 11.3 Å². The molecule has 0 spiro atoms. The van der Waals surface area contributed by atoms with E-state index in [2.05, 4.69) is 11.4 Å². The summed E-state index contributed by atoms with van der Waals surface area (Å²) >= 11 is 1.35. The molecule has 1 saturated heterocycles. The maximum atomic E-state index is 12.0. The molecule has 6 nitrogen and oxygen atoms in total. The molecule has 112 valence electrons. The Bertz CT molecular complexity index is 564. The number of carbonyl (C=O) groups excluding carboxylic acids is 2. The number of thiophene rings is 1. The van der Waals surface area contributed by atoms with E-state index in [4.69, 9.17) is 5.26 Å². The standard InChI is InChI=1S/C14H18N4O2S/c1-11(19)18-5-2-4-17(6-7-18)10-13(20)16-14-12(9-15)3-8-21-14/h3,8H,2,4-7,10H2,1H3,(H,16,20). The fraction of sp³-hybridized carbons (Fsp3) is 0.500. The Morgan fingerprint density at radius 2 is 2.19 bits per heavy atom. The molecule has 1 aromatic rings. The van der Waals surface area contributed by atoms with Gasteiger partial charge in [-0.05, 0) is 17.9 Å². The van der Waals surface area contributed by atoms with Gasteiger partial charge in [-0.3, -0.25) is 14.5 Å². The molecule has 21 heavy (non-hydrogen) atoms. The van der Waals surface area contributed by atoms with Gasteiger partial charge in [-0.25, -0.2) is 0 Å². The molecule has 7 heteroatoms. The molecule has 1 aromatic heterocycles. The molecule has 2 rings (SSSR count). The molecule has 0 saturated carbocycles. The first-order valence-electron chi connectivity index (χ1n) is 6.85. The fourth-order valence-corrected chi connectivity index (χ4v) is 3.06. The average Bonchev–Trinajstić information content (AvgIpc) is 2.74. The highest BCUT2D eigenvalue weighted by atomic mass is 32.1. The Labute approximate surface area is 128 Å². The summed E-state index contributed by atoms with van der Waals surface area (Å²) in [6.45, 7) is 4.76. The predicted molar refractivity (Wildman–Crippen MR) is 81.0 cm³/mol. The maximum absolute atomic E-state index is 12.0. The van der Waals surface area contributed by atoms with Crippen LogP contribution in [0.3, 0.4) is 0 Å². The van der Waals surface area contributed by atoms with E-state index >= 15 is 0 Å². The number of nitrogens with zero attached hydrogens (tertiary/aromatic N) is 3. The van der Waals surface area contributed by atoms with Crippen LogP contribution in [-0.2, 0) is 9.59 Å². The largest absolute Gasteiger partial charge is 0.342 e. The van der Waals surface area contributed by atoms with E-state index in [-0.39, 0.29) is 18.4 Å². The lowest BCUT2D eigenvalue weighted by molar-refractivity contribution is -0.128. The minimum absolute atomic E-state index is 0.0820. The van der Waals surface area contributed by atoms with Crippen molar-refractivity contribution in [2.24, 2.45) is 0 Å². The van der Waals surface area contributed by atoms with Gasteiger partial charge in [0.15, 0.2) is 0 Å². The highest BCUT2D eigenvalue weighted by Gasteiger charge is 2.18. The normalized spacial score (nSPS) is 16.1. The first-order chi connectivity index (χ1) is 10.1. The summed E-state index contributed by atoms with van der Waals surface area (Å²) in [6.07, 6.45) is 0.870. The highest BCUT2D eigenvalue weighted by Crippen LogP contribution is 2.21. The third-order valence-electron chi connectivity index (χ3n) is 3.44. The van der Waals surface area contributed by atoms with E-state index < -0.39 is 0 Å². The zero-order valence-corrected chi connectivity index (χ0v) is 12.8. The van der Waals surface area contributed by atoms with Crippen LogP contribution in [0.1, 0.15) is 18.9 Å². The quantitative estimate of drug-likeness (QED) is 0.907. The van der Waals surface area contributed by atoms with Crippen LogP contribution in [0, 0.1) is 11.3 Å². The van der Waals surface area contributed by atoms with Gasteiger partial charge in [-0.15, -0.1) is 11.3 Å². The third-order valence-corrected chi connectivity index (χ3v) is 4.27. The number of nitrogens with one attached hydrogen (secondary N) is 1. The van der Waals surface area contributed by atoms with Crippen molar-refractivity contribution in [3.05, 3.63) is 17.0 Å². The molecule has 1 aliphatic heterocycles. The van der Waals surface area contributed by atoms with Crippen LogP contribution in [-0.4, -0.2) is 54.3 Å². The monoisotopic (exact) mass is 306 g/mol. The lowest BCUT2D eigenvalue weighted by atomic mass is 10.3. The van der Waals surface area contributed by atoms with Gasteiger partial charge in [0.1, 0.15) is 11.1 Å². The van der Waals surface area contributed by atoms with Crippen LogP contribution < -0.4 is 5.32 Å². The van der Waals surface area contributed by atoms with Crippen molar-refractivity contribution in [2.75, 3.05) is 38.0 Å². The van der Waals surface area contributed by atoms with Crippen LogP contribution in [0.15, 0.2) is 11.4 Å². The van der Waals surface area contributed by atoms with E-state index in [0.717, 1.165) is 19.5 Å². The number of nitriles is 1. The first-order valence-corrected chi connectivity index (χ1v) is 7.73. The van der Waals surface area contributed by atoms with E-state index in [0.29, 0.717) is 23.7 Å². The summed E-state index contributed by atoms with van der Waals surface area (Å²) < 4.78 is 0. The van der Waals surface area contributed by atoms with Crippen LogP contribution in [0.2, 0.25) is 0 Å². The van der Waals surface area contributed by atoms with Gasteiger partial charge in [0.25, 0.3) is 0 Å². The number of amides is 2. The number of hydrogen-bond donors (Lipinski definition) is 1. The molecule has 0 atom stereocenters. The Hall–Kier alpha value is -1.91. The van der Waals surface area contributed by atoms with Crippen molar-refractivity contribution in [1.82, 2.24) is 9.80 Å². The second-order valence-corrected chi connectivity index (χ2v) is 5.88.